The molecule has 6 nitrogen and oxygen atoms in total. The number of rotatable bonds is 2. The third-order valence-electron chi connectivity index (χ3n) is 4.25. The highest BCUT2D eigenvalue weighted by molar-refractivity contribution is 6.00. The smallest absolute Gasteiger partial charge is 0.295 e. The average molecular weight is 345 g/mol. The van der Waals surface area contributed by atoms with E-state index in [-0.39, 0.29) is 30.0 Å². The second-order valence-electron chi connectivity index (χ2n) is 5.71. The standard InChI is InChI=1S/C15H15N3O3.2C2H6/c19-13-8-7-12(14(20)16-13)18-11-4-2-1-3-10(11)17(15(18)21)9-5-6-9;2*1-2/h1-4,9,12H,5-8H2,(H,16,19,20);2*1-2H3. The summed E-state index contributed by atoms with van der Waals surface area (Å²) < 4.78 is 3.34. The van der Waals surface area contributed by atoms with Crippen LogP contribution in [0.5, 0.6) is 0 Å². The molecule has 1 saturated carbocycles. The van der Waals surface area contributed by atoms with E-state index < -0.39 is 6.04 Å². The number of para-hydroxylation sites is 2. The maximum atomic E-state index is 12.8. The van der Waals surface area contributed by atoms with E-state index in [4.69, 9.17) is 0 Å². The van der Waals surface area contributed by atoms with Crippen molar-refractivity contribution < 1.29 is 9.59 Å². The quantitative estimate of drug-likeness (QED) is 0.850. The zero-order valence-electron chi connectivity index (χ0n) is 15.4. The van der Waals surface area contributed by atoms with Gasteiger partial charge in [0.25, 0.3) is 0 Å². The van der Waals surface area contributed by atoms with Gasteiger partial charge in [0.2, 0.25) is 11.8 Å². The molecule has 25 heavy (non-hydrogen) atoms. The van der Waals surface area contributed by atoms with Gasteiger partial charge >= 0.3 is 5.69 Å². The number of carbonyl (C=O) groups is 2. The molecule has 0 radical (unpaired) electrons. The first-order chi connectivity index (χ1) is 12.2. The molecule has 2 fully saturated rings. The number of nitrogens with one attached hydrogen (secondary N) is 1. The van der Waals surface area contributed by atoms with Crippen molar-refractivity contribution in [1.82, 2.24) is 14.5 Å². The fourth-order valence-corrected chi connectivity index (χ4v) is 3.11. The molecule has 6 heteroatoms. The fraction of sp³-hybridized carbons (Fsp3) is 0.526. The number of imidazole rings is 1. The average Bonchev–Trinajstić information content (AvgIpc) is 3.43. The predicted molar refractivity (Wildman–Crippen MR) is 98.6 cm³/mol. The van der Waals surface area contributed by atoms with Crippen LogP contribution in [0.2, 0.25) is 0 Å². The third kappa shape index (κ3) is 3.52. The van der Waals surface area contributed by atoms with E-state index in [2.05, 4.69) is 5.32 Å². The number of benzene rings is 1. The summed E-state index contributed by atoms with van der Waals surface area (Å²) >= 11 is 0. The van der Waals surface area contributed by atoms with Crippen molar-refractivity contribution in [3.05, 3.63) is 34.7 Å². The lowest BCUT2D eigenvalue weighted by Gasteiger charge is -2.21. The Hall–Kier alpha value is -2.37. The van der Waals surface area contributed by atoms with E-state index in [0.29, 0.717) is 6.42 Å². The largest absolute Gasteiger partial charge is 0.330 e. The molecule has 1 aliphatic heterocycles. The van der Waals surface area contributed by atoms with Gasteiger partial charge in [-0.15, -0.1) is 0 Å². The van der Waals surface area contributed by atoms with Crippen LogP contribution in [0.15, 0.2) is 29.1 Å². The summed E-state index contributed by atoms with van der Waals surface area (Å²) in [6, 6.07) is 7.19. The van der Waals surface area contributed by atoms with Crippen LogP contribution in [-0.2, 0) is 9.59 Å². The summed E-state index contributed by atoms with van der Waals surface area (Å²) in [6.07, 6.45) is 2.65. The Morgan fingerprint density at radius 3 is 1.96 bits per heavy atom. The van der Waals surface area contributed by atoms with E-state index in [1.54, 1.807) is 9.13 Å². The fourth-order valence-electron chi connectivity index (χ4n) is 3.11. The molecular weight excluding hydrogens is 318 g/mol. The van der Waals surface area contributed by atoms with Gasteiger partial charge in [0.05, 0.1) is 11.0 Å². The highest BCUT2D eigenvalue weighted by atomic mass is 16.2. The molecular formula is C19H27N3O3. The van der Waals surface area contributed by atoms with Crippen molar-refractivity contribution in [2.75, 3.05) is 0 Å². The van der Waals surface area contributed by atoms with Crippen LogP contribution in [-0.4, -0.2) is 20.9 Å². The van der Waals surface area contributed by atoms with Gasteiger partial charge in [-0.2, -0.15) is 0 Å². The summed E-state index contributed by atoms with van der Waals surface area (Å²) in [5.41, 5.74) is 1.49. The molecule has 1 aliphatic carbocycles. The summed E-state index contributed by atoms with van der Waals surface area (Å²) in [5.74, 6) is -0.651. The molecule has 0 spiro atoms. The Bertz CT molecular complexity index is 815. The van der Waals surface area contributed by atoms with Crippen LogP contribution >= 0.6 is 0 Å². The molecule has 0 bridgehead atoms. The van der Waals surface area contributed by atoms with Gasteiger partial charge in [0.1, 0.15) is 6.04 Å². The number of carbonyl (C=O) groups excluding carboxylic acids is 2. The lowest BCUT2D eigenvalue weighted by Crippen LogP contribution is -2.44. The van der Waals surface area contributed by atoms with E-state index >= 15 is 0 Å². The van der Waals surface area contributed by atoms with Gasteiger partial charge in [-0.05, 0) is 31.4 Å². The van der Waals surface area contributed by atoms with Gasteiger partial charge in [0.15, 0.2) is 0 Å². The van der Waals surface area contributed by atoms with Crippen molar-refractivity contribution in [2.45, 2.75) is 65.5 Å². The normalized spacial score (nSPS) is 19.4. The molecule has 1 aromatic heterocycles. The molecule has 2 aromatic rings. The van der Waals surface area contributed by atoms with Crippen LogP contribution in [0.4, 0.5) is 0 Å². The lowest BCUT2D eigenvalue weighted by atomic mass is 10.1. The number of nitrogens with zero attached hydrogens (tertiary/aromatic N) is 2. The lowest BCUT2D eigenvalue weighted by molar-refractivity contribution is -0.135. The van der Waals surface area contributed by atoms with Crippen molar-refractivity contribution in [3.8, 4) is 0 Å². The summed E-state index contributed by atoms with van der Waals surface area (Å²) in [6.45, 7) is 8.00. The van der Waals surface area contributed by atoms with Gasteiger partial charge in [0, 0.05) is 12.5 Å². The van der Waals surface area contributed by atoms with Crippen molar-refractivity contribution >= 4 is 22.8 Å². The zero-order chi connectivity index (χ0) is 18.6. The second kappa shape index (κ2) is 8.14. The number of hydrogen-bond acceptors (Lipinski definition) is 3. The van der Waals surface area contributed by atoms with E-state index in [9.17, 15) is 14.4 Å². The van der Waals surface area contributed by atoms with Crippen LogP contribution in [0.25, 0.3) is 11.0 Å². The Labute approximate surface area is 147 Å². The Morgan fingerprint density at radius 1 is 0.880 bits per heavy atom. The zero-order valence-corrected chi connectivity index (χ0v) is 15.4. The second-order valence-corrected chi connectivity index (χ2v) is 5.71. The summed E-state index contributed by atoms with van der Waals surface area (Å²) in [4.78, 5) is 36.1. The SMILES string of the molecule is CC.CC.O=C1CCC(n2c(=O)n(C3CC3)c3ccccc32)C(=O)N1. The maximum Gasteiger partial charge on any atom is 0.330 e. The van der Waals surface area contributed by atoms with Gasteiger partial charge in [-0.1, -0.05) is 39.8 Å². The van der Waals surface area contributed by atoms with E-state index in [1.807, 2.05) is 52.0 Å². The number of hydrogen-bond donors (Lipinski definition) is 1. The first kappa shape index (κ1) is 19.0. The number of piperidine rings is 1. The third-order valence-corrected chi connectivity index (χ3v) is 4.25. The molecule has 4 rings (SSSR count). The van der Waals surface area contributed by atoms with E-state index in [0.717, 1.165) is 23.9 Å². The highest BCUT2D eigenvalue weighted by Crippen LogP contribution is 2.36. The van der Waals surface area contributed by atoms with Gasteiger partial charge in [-0.25, -0.2) is 4.79 Å². The molecule has 1 N–H and O–H groups in total. The topological polar surface area (TPSA) is 73.1 Å². The maximum absolute atomic E-state index is 12.8. The Kier molecular flexibility index (Phi) is 6.17. The highest BCUT2D eigenvalue weighted by Gasteiger charge is 2.34. The first-order valence-corrected chi connectivity index (χ1v) is 9.22. The van der Waals surface area contributed by atoms with Gasteiger partial charge < -0.3 is 0 Å². The van der Waals surface area contributed by atoms with Crippen molar-refractivity contribution in [1.29, 1.82) is 0 Å². The summed E-state index contributed by atoms with van der Waals surface area (Å²) in [7, 11) is 0. The van der Waals surface area contributed by atoms with Crippen LogP contribution in [0.1, 0.15) is 65.5 Å². The number of amides is 2. The monoisotopic (exact) mass is 345 g/mol. The van der Waals surface area contributed by atoms with Crippen LogP contribution < -0.4 is 11.0 Å². The number of fused-ring (bicyclic) bond motifs is 1. The minimum atomic E-state index is -0.597. The predicted octanol–water partition coefficient (Wildman–Crippen LogP) is 3.17. The van der Waals surface area contributed by atoms with Crippen molar-refractivity contribution in [3.63, 3.8) is 0 Å². The molecule has 1 saturated heterocycles. The van der Waals surface area contributed by atoms with Crippen LogP contribution in [0.3, 0.4) is 0 Å². The molecule has 2 amide bonds. The van der Waals surface area contributed by atoms with Crippen LogP contribution in [0, 0.1) is 0 Å². The molecule has 136 valence electrons. The van der Waals surface area contributed by atoms with E-state index in [1.165, 1.54) is 0 Å². The van der Waals surface area contributed by atoms with Gasteiger partial charge in [-0.3, -0.25) is 24.0 Å². The molecule has 2 aliphatic rings. The minimum absolute atomic E-state index is 0.145. The molecule has 1 aromatic carbocycles. The molecule has 1 unspecified atom stereocenters. The number of imide groups is 1. The minimum Gasteiger partial charge on any atom is -0.295 e. The molecule has 1 atom stereocenters. The molecule has 2 heterocycles. The number of aromatic nitrogens is 2. The summed E-state index contributed by atoms with van der Waals surface area (Å²) in [5, 5.41) is 2.33. The Morgan fingerprint density at radius 2 is 1.44 bits per heavy atom. The van der Waals surface area contributed by atoms with Crippen molar-refractivity contribution in [2.24, 2.45) is 0 Å². The first-order valence-electron chi connectivity index (χ1n) is 9.22. The Balaban J connectivity index is 0.000000528.